The predicted molar refractivity (Wildman–Crippen MR) is 123 cm³/mol. The molecule has 1 aromatic heterocycles. The van der Waals surface area contributed by atoms with Crippen molar-refractivity contribution in [2.24, 2.45) is 0 Å². The van der Waals surface area contributed by atoms with Crippen LogP contribution in [-0.2, 0) is 13.2 Å². The molecule has 3 aromatic rings. The van der Waals surface area contributed by atoms with Gasteiger partial charge in [-0.2, -0.15) is 0 Å². The van der Waals surface area contributed by atoms with Gasteiger partial charge in [-0.05, 0) is 64.3 Å². The fraction of sp³-hybridized carbons (Fsp3) is 0.261. The van der Waals surface area contributed by atoms with Gasteiger partial charge in [0, 0.05) is 30.4 Å². The topological polar surface area (TPSA) is 52.6 Å². The molecule has 0 unspecified atom stereocenters. The third kappa shape index (κ3) is 6.90. The summed E-state index contributed by atoms with van der Waals surface area (Å²) in [5, 5.41) is 4.06. The maximum absolute atomic E-state index is 6.06. The first kappa shape index (κ1) is 22.4. The van der Waals surface area contributed by atoms with E-state index in [1.165, 1.54) is 0 Å². The van der Waals surface area contributed by atoms with Crippen molar-refractivity contribution in [2.45, 2.75) is 20.1 Å². The van der Waals surface area contributed by atoms with Gasteiger partial charge in [-0.25, -0.2) is 4.98 Å². The first-order chi connectivity index (χ1) is 14.7. The number of nitrogens with one attached hydrogen (secondary N) is 1. The molecule has 0 aliphatic heterocycles. The van der Waals surface area contributed by atoms with Crippen molar-refractivity contribution < 1.29 is 14.2 Å². The minimum Gasteiger partial charge on any atom is -0.490 e. The molecule has 0 radical (unpaired) electrons. The maximum atomic E-state index is 6.06. The van der Waals surface area contributed by atoms with Crippen LogP contribution in [0.25, 0.3) is 0 Å². The zero-order valence-corrected chi connectivity index (χ0v) is 19.1. The summed E-state index contributed by atoms with van der Waals surface area (Å²) in [6.07, 6.45) is 1.71. The summed E-state index contributed by atoms with van der Waals surface area (Å²) in [6, 6.07) is 17.2. The van der Waals surface area contributed by atoms with E-state index in [9.17, 15) is 0 Å². The Hall–Kier alpha value is -2.28. The normalized spacial score (nSPS) is 10.6. The van der Waals surface area contributed by atoms with Crippen molar-refractivity contribution >= 4 is 27.5 Å². The minimum absolute atomic E-state index is 0.404. The number of pyridine rings is 1. The molecule has 1 N–H and O–H groups in total. The van der Waals surface area contributed by atoms with E-state index >= 15 is 0 Å². The quantitative estimate of drug-likeness (QED) is 0.352. The number of nitrogens with zero attached hydrogens (tertiary/aromatic N) is 1. The van der Waals surface area contributed by atoms with Crippen LogP contribution < -0.4 is 19.5 Å². The van der Waals surface area contributed by atoms with Crippen LogP contribution in [0, 0.1) is 0 Å². The number of halogens is 2. The van der Waals surface area contributed by atoms with E-state index in [1.54, 1.807) is 6.20 Å². The standard InChI is InChI=1S/C23H24BrClN2O3/c1-2-28-21-14-18(15-26-10-11-29-22-8-3-4-9-27-22)13-20(24)23(21)30-16-17-6-5-7-19(25)12-17/h3-9,12-14,26H,2,10-11,15-16H2,1H3. The van der Waals surface area contributed by atoms with E-state index in [1.807, 2.05) is 61.5 Å². The predicted octanol–water partition coefficient (Wildman–Crippen LogP) is 5.64. The summed E-state index contributed by atoms with van der Waals surface area (Å²) in [5.74, 6) is 2.01. The Morgan fingerprint density at radius 3 is 2.67 bits per heavy atom. The van der Waals surface area contributed by atoms with Gasteiger partial charge in [0.15, 0.2) is 11.5 Å². The number of ether oxygens (including phenoxy) is 3. The summed E-state index contributed by atoms with van der Waals surface area (Å²) < 4.78 is 18.3. The highest BCUT2D eigenvalue weighted by molar-refractivity contribution is 9.10. The second-order valence-corrected chi connectivity index (χ2v) is 7.74. The molecule has 5 nitrogen and oxygen atoms in total. The lowest BCUT2D eigenvalue weighted by molar-refractivity contribution is 0.267. The molecule has 0 fully saturated rings. The minimum atomic E-state index is 0.404. The molecule has 0 amide bonds. The average Bonchev–Trinajstić information content (AvgIpc) is 2.74. The third-order valence-electron chi connectivity index (χ3n) is 4.14. The molecule has 0 spiro atoms. The molecule has 0 saturated carbocycles. The van der Waals surface area contributed by atoms with Gasteiger partial charge in [0.25, 0.3) is 0 Å². The first-order valence-corrected chi connectivity index (χ1v) is 10.9. The molecule has 3 rings (SSSR count). The number of hydrogen-bond acceptors (Lipinski definition) is 5. The Kier molecular flexibility index (Phi) is 8.81. The Balaban J connectivity index is 1.56. The lowest BCUT2D eigenvalue weighted by Gasteiger charge is -2.16. The fourth-order valence-electron chi connectivity index (χ4n) is 2.80. The van der Waals surface area contributed by atoms with Crippen molar-refractivity contribution in [1.29, 1.82) is 0 Å². The number of benzene rings is 2. The van der Waals surface area contributed by atoms with Crippen LogP contribution >= 0.6 is 27.5 Å². The fourth-order valence-corrected chi connectivity index (χ4v) is 3.62. The largest absolute Gasteiger partial charge is 0.490 e. The van der Waals surface area contributed by atoms with Crippen molar-refractivity contribution in [3.63, 3.8) is 0 Å². The molecule has 0 aliphatic rings. The van der Waals surface area contributed by atoms with Crippen molar-refractivity contribution in [3.05, 3.63) is 81.4 Å². The van der Waals surface area contributed by atoms with Crippen LogP contribution in [0.5, 0.6) is 17.4 Å². The third-order valence-corrected chi connectivity index (χ3v) is 4.96. The molecule has 0 bridgehead atoms. The van der Waals surface area contributed by atoms with Crippen LogP contribution in [-0.4, -0.2) is 24.7 Å². The molecule has 1 heterocycles. The van der Waals surface area contributed by atoms with Crippen LogP contribution in [0.2, 0.25) is 5.02 Å². The lowest BCUT2D eigenvalue weighted by Crippen LogP contribution is -2.20. The van der Waals surface area contributed by atoms with Gasteiger partial charge < -0.3 is 19.5 Å². The highest BCUT2D eigenvalue weighted by Gasteiger charge is 2.13. The molecule has 7 heteroatoms. The Morgan fingerprint density at radius 1 is 1.00 bits per heavy atom. The molecule has 30 heavy (non-hydrogen) atoms. The van der Waals surface area contributed by atoms with Gasteiger partial charge in [0.1, 0.15) is 13.2 Å². The van der Waals surface area contributed by atoms with Crippen LogP contribution in [0.1, 0.15) is 18.1 Å². The summed E-state index contributed by atoms with van der Waals surface area (Å²) >= 11 is 9.67. The zero-order chi connectivity index (χ0) is 21.2. The molecule has 158 valence electrons. The van der Waals surface area contributed by atoms with E-state index < -0.39 is 0 Å². The molecule has 0 aliphatic carbocycles. The Bertz CT molecular complexity index is 941. The second kappa shape index (κ2) is 11.8. The Morgan fingerprint density at radius 2 is 1.90 bits per heavy atom. The van der Waals surface area contributed by atoms with Crippen LogP contribution in [0.15, 0.2) is 65.3 Å². The van der Waals surface area contributed by atoms with Crippen LogP contribution in [0.4, 0.5) is 0 Å². The van der Waals surface area contributed by atoms with Crippen molar-refractivity contribution in [1.82, 2.24) is 10.3 Å². The molecular formula is C23H24BrClN2O3. The second-order valence-electron chi connectivity index (χ2n) is 6.45. The Labute approximate surface area is 190 Å². The lowest BCUT2D eigenvalue weighted by atomic mass is 10.2. The SMILES string of the molecule is CCOc1cc(CNCCOc2ccccn2)cc(Br)c1OCc1cccc(Cl)c1. The van der Waals surface area contributed by atoms with E-state index in [-0.39, 0.29) is 0 Å². The van der Waals surface area contributed by atoms with E-state index in [2.05, 4.69) is 26.2 Å². The average molecular weight is 492 g/mol. The van der Waals surface area contributed by atoms with Crippen LogP contribution in [0.3, 0.4) is 0 Å². The number of hydrogen-bond donors (Lipinski definition) is 1. The molecular weight excluding hydrogens is 468 g/mol. The first-order valence-electron chi connectivity index (χ1n) is 9.72. The highest BCUT2D eigenvalue weighted by Crippen LogP contribution is 2.37. The van der Waals surface area contributed by atoms with E-state index in [4.69, 9.17) is 25.8 Å². The summed E-state index contributed by atoms with van der Waals surface area (Å²) in [5.41, 5.74) is 2.08. The monoisotopic (exact) mass is 490 g/mol. The smallest absolute Gasteiger partial charge is 0.213 e. The number of aromatic nitrogens is 1. The van der Waals surface area contributed by atoms with Gasteiger partial charge in [-0.15, -0.1) is 0 Å². The van der Waals surface area contributed by atoms with Gasteiger partial charge in [0.2, 0.25) is 5.88 Å². The molecule has 2 aromatic carbocycles. The molecule has 0 saturated heterocycles. The number of rotatable bonds is 11. The van der Waals surface area contributed by atoms with E-state index in [0.717, 1.165) is 15.6 Å². The zero-order valence-electron chi connectivity index (χ0n) is 16.7. The molecule has 0 atom stereocenters. The summed E-state index contributed by atoms with van der Waals surface area (Å²) in [7, 11) is 0. The van der Waals surface area contributed by atoms with Crippen molar-refractivity contribution in [2.75, 3.05) is 19.8 Å². The van der Waals surface area contributed by atoms with Gasteiger partial charge in [-0.3, -0.25) is 0 Å². The van der Waals surface area contributed by atoms with Gasteiger partial charge >= 0.3 is 0 Å². The van der Waals surface area contributed by atoms with Crippen molar-refractivity contribution in [3.8, 4) is 17.4 Å². The summed E-state index contributed by atoms with van der Waals surface area (Å²) in [6.45, 7) is 4.83. The van der Waals surface area contributed by atoms with Gasteiger partial charge in [0.05, 0.1) is 11.1 Å². The summed E-state index contributed by atoms with van der Waals surface area (Å²) in [4.78, 5) is 4.14. The van der Waals surface area contributed by atoms with E-state index in [0.29, 0.717) is 55.3 Å². The maximum Gasteiger partial charge on any atom is 0.213 e. The van der Waals surface area contributed by atoms with Gasteiger partial charge in [-0.1, -0.05) is 29.8 Å². The highest BCUT2D eigenvalue weighted by atomic mass is 79.9.